The molecule has 0 unspecified atom stereocenters. The molecular weight excluding hydrogens is 366 g/mol. The Morgan fingerprint density at radius 1 is 1.21 bits per heavy atom. The smallest absolute Gasteiger partial charge is 0.283 e. The van der Waals surface area contributed by atoms with Crippen LogP contribution in [0.5, 0.6) is 11.5 Å². The monoisotopic (exact) mass is 385 g/mol. The largest absolute Gasteiger partial charge is 0.497 e. The number of nitrogens with zero attached hydrogens (tertiary/aromatic N) is 3. The van der Waals surface area contributed by atoms with E-state index >= 15 is 0 Å². The summed E-state index contributed by atoms with van der Waals surface area (Å²) in [5.74, 6) is 0.378. The van der Waals surface area contributed by atoms with Crippen LogP contribution in [0.3, 0.4) is 0 Å². The number of carbonyl (C=O) groups excluding carboxylic acids is 1. The Bertz CT molecular complexity index is 910. The standard InChI is InChI=1S/C19H19N3O6/c1-13-11-19(24,14-3-7-16(27-2)8-4-14)21(20-13)18(23)12-28-17-9-5-15(6-10-17)22(25)26/h3-10,24H,11-12H2,1-2H3/t19-/m0/s1. The second kappa shape index (κ2) is 7.65. The van der Waals surface area contributed by atoms with Crippen molar-refractivity contribution >= 4 is 17.3 Å². The van der Waals surface area contributed by atoms with Gasteiger partial charge in [-0.15, -0.1) is 0 Å². The van der Waals surface area contributed by atoms with E-state index in [-0.39, 0.29) is 18.7 Å². The Kier molecular flexibility index (Phi) is 5.27. The Morgan fingerprint density at radius 2 is 1.82 bits per heavy atom. The van der Waals surface area contributed by atoms with Crippen LogP contribution in [0.1, 0.15) is 18.9 Å². The van der Waals surface area contributed by atoms with Crippen LogP contribution >= 0.6 is 0 Å². The number of methoxy groups -OCH3 is 1. The number of non-ortho nitro benzene ring substituents is 1. The van der Waals surface area contributed by atoms with Gasteiger partial charge in [0.2, 0.25) is 0 Å². The van der Waals surface area contributed by atoms with E-state index in [9.17, 15) is 20.0 Å². The lowest BCUT2D eigenvalue weighted by Crippen LogP contribution is -2.45. The molecule has 1 aliphatic rings. The topological polar surface area (TPSA) is 114 Å². The second-order valence-corrected chi connectivity index (χ2v) is 6.30. The number of ether oxygens (including phenoxy) is 2. The average Bonchev–Trinajstić information content (AvgIpc) is 3.02. The van der Waals surface area contributed by atoms with Gasteiger partial charge in [-0.05, 0) is 31.2 Å². The van der Waals surface area contributed by atoms with Gasteiger partial charge in [-0.3, -0.25) is 14.9 Å². The zero-order valence-electron chi connectivity index (χ0n) is 15.4. The molecule has 0 aliphatic carbocycles. The van der Waals surface area contributed by atoms with Gasteiger partial charge in [-0.2, -0.15) is 10.1 Å². The highest BCUT2D eigenvalue weighted by atomic mass is 16.6. The average molecular weight is 385 g/mol. The van der Waals surface area contributed by atoms with E-state index in [0.29, 0.717) is 22.8 Å². The first-order valence-electron chi connectivity index (χ1n) is 8.45. The minimum atomic E-state index is -1.62. The molecule has 1 N–H and O–H groups in total. The van der Waals surface area contributed by atoms with Crippen molar-refractivity contribution in [2.45, 2.75) is 19.1 Å². The minimum Gasteiger partial charge on any atom is -0.497 e. The molecule has 0 fully saturated rings. The minimum absolute atomic E-state index is 0.0766. The molecule has 1 aliphatic heterocycles. The first-order valence-corrected chi connectivity index (χ1v) is 8.45. The highest BCUT2D eigenvalue weighted by Gasteiger charge is 2.44. The predicted octanol–water partition coefficient (Wildman–Crippen LogP) is 2.44. The van der Waals surface area contributed by atoms with Crippen molar-refractivity contribution in [3.05, 3.63) is 64.2 Å². The van der Waals surface area contributed by atoms with Gasteiger partial charge in [0.15, 0.2) is 12.3 Å². The first kappa shape index (κ1) is 19.3. The van der Waals surface area contributed by atoms with Gasteiger partial charge < -0.3 is 14.6 Å². The number of rotatable bonds is 6. The SMILES string of the molecule is COc1ccc([C@@]2(O)CC(C)=NN2C(=O)COc2ccc([N+](=O)[O-])cc2)cc1. The summed E-state index contributed by atoms with van der Waals surface area (Å²) in [5.41, 5.74) is -0.598. The number of benzene rings is 2. The van der Waals surface area contributed by atoms with Gasteiger partial charge in [-0.1, -0.05) is 12.1 Å². The van der Waals surface area contributed by atoms with Crippen LogP contribution in [0.4, 0.5) is 5.69 Å². The highest BCUT2D eigenvalue weighted by molar-refractivity contribution is 5.89. The van der Waals surface area contributed by atoms with Crippen molar-refractivity contribution in [1.29, 1.82) is 0 Å². The fourth-order valence-corrected chi connectivity index (χ4v) is 2.94. The van der Waals surface area contributed by atoms with Gasteiger partial charge in [0.05, 0.1) is 12.0 Å². The molecule has 146 valence electrons. The van der Waals surface area contributed by atoms with E-state index in [2.05, 4.69) is 5.10 Å². The Balaban J connectivity index is 1.73. The van der Waals surface area contributed by atoms with E-state index in [0.717, 1.165) is 5.01 Å². The van der Waals surface area contributed by atoms with Crippen LogP contribution in [0, 0.1) is 10.1 Å². The summed E-state index contributed by atoms with van der Waals surface area (Å²) in [6.45, 7) is 1.34. The molecule has 2 aromatic rings. The predicted molar refractivity (Wildman–Crippen MR) is 100 cm³/mol. The van der Waals surface area contributed by atoms with Crippen molar-refractivity contribution in [3.63, 3.8) is 0 Å². The Hall–Kier alpha value is -3.46. The number of hydrazone groups is 1. The lowest BCUT2D eigenvalue weighted by Gasteiger charge is -2.31. The van der Waals surface area contributed by atoms with E-state index in [4.69, 9.17) is 9.47 Å². The van der Waals surface area contributed by atoms with Gasteiger partial charge in [0.1, 0.15) is 11.5 Å². The molecule has 0 saturated heterocycles. The van der Waals surface area contributed by atoms with Gasteiger partial charge >= 0.3 is 0 Å². The van der Waals surface area contributed by atoms with Crippen molar-refractivity contribution in [2.24, 2.45) is 5.10 Å². The lowest BCUT2D eigenvalue weighted by molar-refractivity contribution is -0.384. The molecule has 0 aromatic heterocycles. The van der Waals surface area contributed by atoms with E-state index in [1.54, 1.807) is 31.2 Å². The number of amides is 1. The molecule has 28 heavy (non-hydrogen) atoms. The van der Waals surface area contributed by atoms with Crippen LogP contribution in [-0.2, 0) is 10.5 Å². The maximum Gasteiger partial charge on any atom is 0.283 e. The molecule has 9 heteroatoms. The summed E-state index contributed by atoms with van der Waals surface area (Å²) >= 11 is 0. The van der Waals surface area contributed by atoms with Crippen molar-refractivity contribution < 1.29 is 24.3 Å². The Labute approximate surface area is 160 Å². The molecule has 2 aromatic carbocycles. The van der Waals surface area contributed by atoms with E-state index < -0.39 is 16.6 Å². The van der Waals surface area contributed by atoms with E-state index in [1.165, 1.54) is 31.4 Å². The summed E-state index contributed by atoms with van der Waals surface area (Å²) in [5, 5.41) is 27.0. The van der Waals surface area contributed by atoms with Gasteiger partial charge in [0, 0.05) is 29.8 Å². The van der Waals surface area contributed by atoms with E-state index in [1.807, 2.05) is 0 Å². The van der Waals surface area contributed by atoms with Crippen molar-refractivity contribution in [1.82, 2.24) is 5.01 Å². The molecule has 9 nitrogen and oxygen atoms in total. The normalized spacial score (nSPS) is 18.5. The third kappa shape index (κ3) is 3.79. The number of aliphatic hydroxyl groups is 1. The third-order valence-electron chi connectivity index (χ3n) is 4.32. The summed E-state index contributed by atoms with van der Waals surface area (Å²) in [7, 11) is 1.54. The van der Waals surface area contributed by atoms with Crippen LogP contribution in [0.15, 0.2) is 53.6 Å². The summed E-state index contributed by atoms with van der Waals surface area (Å²) in [6.07, 6.45) is 0.169. The fourth-order valence-electron chi connectivity index (χ4n) is 2.94. The van der Waals surface area contributed by atoms with Crippen LogP contribution < -0.4 is 9.47 Å². The van der Waals surface area contributed by atoms with Gasteiger partial charge in [0.25, 0.3) is 11.6 Å². The molecule has 0 saturated carbocycles. The number of nitro groups is 1. The molecule has 1 amide bonds. The quantitative estimate of drug-likeness (QED) is 0.603. The van der Waals surface area contributed by atoms with Crippen LogP contribution in [-0.4, -0.2) is 40.4 Å². The second-order valence-electron chi connectivity index (χ2n) is 6.30. The van der Waals surface area contributed by atoms with Crippen LogP contribution in [0.2, 0.25) is 0 Å². The molecule has 1 heterocycles. The molecule has 3 rings (SSSR count). The number of hydrogen-bond acceptors (Lipinski definition) is 7. The summed E-state index contributed by atoms with van der Waals surface area (Å²) in [4.78, 5) is 22.8. The molecule has 1 atom stereocenters. The fraction of sp³-hybridized carbons (Fsp3) is 0.263. The molecular formula is C19H19N3O6. The lowest BCUT2D eigenvalue weighted by atomic mass is 9.97. The molecule has 0 radical (unpaired) electrons. The number of hydrogen-bond donors (Lipinski definition) is 1. The van der Waals surface area contributed by atoms with Crippen molar-refractivity contribution in [2.75, 3.05) is 13.7 Å². The number of carbonyl (C=O) groups is 1. The maximum absolute atomic E-state index is 12.7. The van der Waals surface area contributed by atoms with Crippen molar-refractivity contribution in [3.8, 4) is 11.5 Å². The van der Waals surface area contributed by atoms with Gasteiger partial charge in [-0.25, -0.2) is 0 Å². The zero-order chi connectivity index (χ0) is 20.3. The first-order chi connectivity index (χ1) is 13.3. The third-order valence-corrected chi connectivity index (χ3v) is 4.32. The summed E-state index contributed by atoms with van der Waals surface area (Å²) < 4.78 is 10.5. The maximum atomic E-state index is 12.7. The highest BCUT2D eigenvalue weighted by Crippen LogP contribution is 2.36. The number of nitro benzene ring substituents is 1. The molecule has 0 spiro atoms. The summed E-state index contributed by atoms with van der Waals surface area (Å²) in [6, 6.07) is 12.1. The van der Waals surface area contributed by atoms with Crippen LogP contribution in [0.25, 0.3) is 0 Å². The molecule has 0 bridgehead atoms. The Morgan fingerprint density at radius 3 is 2.39 bits per heavy atom. The zero-order valence-corrected chi connectivity index (χ0v) is 15.4.